The van der Waals surface area contributed by atoms with E-state index in [1.807, 2.05) is 24.3 Å². The van der Waals surface area contributed by atoms with Crippen molar-refractivity contribution < 1.29 is 0 Å². The fourth-order valence-corrected chi connectivity index (χ4v) is 9.35. The van der Waals surface area contributed by atoms with Crippen LogP contribution in [0.2, 0.25) is 0 Å². The van der Waals surface area contributed by atoms with Crippen molar-refractivity contribution in [2.75, 3.05) is 36.0 Å². The molecule has 0 bridgehead atoms. The zero-order valence-electron chi connectivity index (χ0n) is 32.0. The second kappa shape index (κ2) is 16.3. The van der Waals surface area contributed by atoms with Crippen LogP contribution in [0.5, 0.6) is 0 Å². The zero-order valence-corrected chi connectivity index (χ0v) is 32.0. The van der Waals surface area contributed by atoms with Crippen LogP contribution in [-0.2, 0) is 19.5 Å². The minimum absolute atomic E-state index is 0.540. The van der Waals surface area contributed by atoms with Gasteiger partial charge in [0.25, 0.3) is 0 Å². The molecule has 0 N–H and O–H groups in total. The molecule has 2 aromatic heterocycles. The lowest BCUT2D eigenvalue weighted by Gasteiger charge is -2.42. The van der Waals surface area contributed by atoms with Crippen molar-refractivity contribution in [1.29, 1.82) is 10.5 Å². The lowest BCUT2D eigenvalue weighted by Crippen LogP contribution is -2.49. The Morgan fingerprint density at radius 1 is 0.600 bits per heavy atom. The standard InChI is InChI=1S/C24H24N4.C24H25N3/c1-17-11-21(27-14-19-5-2-3-6-20(19)15-27)16-28(13-17)23-9-8-18(12-25)24-22(23)7-4-10-26-24;1-18-14-20(10-9-19-6-3-2-4-7-19)17-27(16-18)23-12-11-21(15-25)24-22(23)8-5-13-26-24/h2-10,17,21H,11,13-16H2,1H3;2-8,11-13,18,20H,9-10,14,16-17H2,1H3/t17-,21+;18-,20+/m00/s1. The summed E-state index contributed by atoms with van der Waals surface area (Å²) in [5.41, 5.74) is 9.72. The smallest absolute Gasteiger partial charge is 0.101 e. The summed E-state index contributed by atoms with van der Waals surface area (Å²) in [5.74, 6) is 1.99. The number of benzene rings is 4. The SMILES string of the molecule is C[C@H]1C[C@@H](CCc2ccccc2)CN(c2ccc(C#N)c3ncccc23)C1.C[C@H]1C[C@@H](N2Cc3ccccc3C2)CN(c2ccc(C#N)c3ncccc23)C1. The average Bonchev–Trinajstić information content (AvgIpc) is 3.67. The highest BCUT2D eigenvalue weighted by Crippen LogP contribution is 2.36. The summed E-state index contributed by atoms with van der Waals surface area (Å²) in [6.45, 7) is 11.0. The zero-order chi connectivity index (χ0) is 37.7. The summed E-state index contributed by atoms with van der Waals surface area (Å²) < 4.78 is 0. The molecule has 0 aliphatic carbocycles. The van der Waals surface area contributed by atoms with Crippen LogP contribution in [0.4, 0.5) is 11.4 Å². The van der Waals surface area contributed by atoms with Crippen molar-refractivity contribution >= 4 is 33.2 Å². The number of hydrogen-bond donors (Lipinski definition) is 0. The molecule has 276 valence electrons. The number of piperidine rings is 2. The van der Waals surface area contributed by atoms with Crippen molar-refractivity contribution in [2.24, 2.45) is 17.8 Å². The molecule has 55 heavy (non-hydrogen) atoms. The molecule has 2 saturated heterocycles. The van der Waals surface area contributed by atoms with Crippen LogP contribution in [0.25, 0.3) is 21.8 Å². The molecule has 2 fully saturated rings. The lowest BCUT2D eigenvalue weighted by atomic mass is 9.86. The van der Waals surface area contributed by atoms with E-state index in [4.69, 9.17) is 0 Å². The van der Waals surface area contributed by atoms with E-state index in [9.17, 15) is 10.5 Å². The largest absolute Gasteiger partial charge is 0.370 e. The normalized spacial score (nSPS) is 21.0. The first-order valence-electron chi connectivity index (χ1n) is 19.9. The van der Waals surface area contributed by atoms with Gasteiger partial charge in [-0.1, -0.05) is 68.4 Å². The summed E-state index contributed by atoms with van der Waals surface area (Å²) >= 11 is 0. The van der Waals surface area contributed by atoms with E-state index < -0.39 is 0 Å². The van der Waals surface area contributed by atoms with Crippen LogP contribution >= 0.6 is 0 Å². The molecule has 7 nitrogen and oxygen atoms in total. The Bertz CT molecular complexity index is 2330. The van der Waals surface area contributed by atoms with Gasteiger partial charge in [-0.25, -0.2) is 0 Å². The van der Waals surface area contributed by atoms with Crippen molar-refractivity contribution in [3.8, 4) is 12.1 Å². The molecule has 4 atom stereocenters. The molecule has 7 heteroatoms. The van der Waals surface area contributed by atoms with Gasteiger partial charge in [0.1, 0.15) is 12.1 Å². The van der Waals surface area contributed by atoms with Gasteiger partial charge >= 0.3 is 0 Å². The molecule has 9 rings (SSSR count). The number of aryl methyl sites for hydroxylation is 1. The summed E-state index contributed by atoms with van der Waals surface area (Å²) in [6.07, 6.45) is 8.43. The Kier molecular flexibility index (Phi) is 10.7. The maximum absolute atomic E-state index is 9.44. The Morgan fingerprint density at radius 3 is 1.73 bits per heavy atom. The third-order valence-corrected chi connectivity index (χ3v) is 11.9. The first-order chi connectivity index (χ1) is 27.0. The van der Waals surface area contributed by atoms with Gasteiger partial charge in [0.05, 0.1) is 22.2 Å². The highest BCUT2D eigenvalue weighted by molar-refractivity contribution is 5.96. The third kappa shape index (κ3) is 7.90. The monoisotopic (exact) mass is 723 g/mol. The van der Waals surface area contributed by atoms with Crippen LogP contribution in [0, 0.1) is 40.4 Å². The maximum Gasteiger partial charge on any atom is 0.101 e. The summed E-state index contributed by atoms with van der Waals surface area (Å²) in [7, 11) is 0. The van der Waals surface area contributed by atoms with Crippen LogP contribution in [0.1, 0.15) is 60.9 Å². The number of nitrogens with zero attached hydrogens (tertiary/aromatic N) is 7. The van der Waals surface area contributed by atoms with Gasteiger partial charge in [0.15, 0.2) is 0 Å². The Labute approximate surface area is 325 Å². The predicted molar refractivity (Wildman–Crippen MR) is 223 cm³/mol. The number of pyridine rings is 2. The molecule has 4 aromatic carbocycles. The Hall–Kier alpha value is -5.76. The van der Waals surface area contributed by atoms with E-state index in [0.29, 0.717) is 34.9 Å². The second-order valence-electron chi connectivity index (χ2n) is 16.0. The van der Waals surface area contributed by atoms with Crippen molar-refractivity contribution in [3.05, 3.63) is 143 Å². The fourth-order valence-electron chi connectivity index (χ4n) is 9.35. The van der Waals surface area contributed by atoms with Crippen LogP contribution in [0.3, 0.4) is 0 Å². The molecule has 5 heterocycles. The number of fused-ring (bicyclic) bond motifs is 3. The molecular weight excluding hydrogens is 675 g/mol. The molecule has 3 aliphatic heterocycles. The van der Waals surface area contributed by atoms with Crippen LogP contribution in [-0.4, -0.2) is 47.1 Å². The van der Waals surface area contributed by atoms with Gasteiger partial charge in [-0.2, -0.15) is 10.5 Å². The first kappa shape index (κ1) is 36.2. The van der Waals surface area contributed by atoms with Crippen molar-refractivity contribution in [1.82, 2.24) is 14.9 Å². The van der Waals surface area contributed by atoms with Gasteiger partial charge in [0.2, 0.25) is 0 Å². The number of hydrogen-bond acceptors (Lipinski definition) is 7. The maximum atomic E-state index is 9.44. The first-order valence-corrected chi connectivity index (χ1v) is 19.9. The number of anilines is 2. The summed E-state index contributed by atoms with van der Waals surface area (Å²) in [6, 6.07) is 40.9. The van der Waals surface area contributed by atoms with Gasteiger partial charge in [-0.05, 0) is 109 Å². The fraction of sp³-hybridized carbons (Fsp3) is 0.333. The number of nitriles is 2. The molecule has 0 radical (unpaired) electrons. The Balaban J connectivity index is 0.000000155. The van der Waals surface area contributed by atoms with Crippen LogP contribution < -0.4 is 9.80 Å². The minimum Gasteiger partial charge on any atom is -0.370 e. The van der Waals surface area contributed by atoms with E-state index in [0.717, 1.165) is 67.5 Å². The Morgan fingerprint density at radius 2 is 1.15 bits per heavy atom. The molecule has 0 amide bonds. The average molecular weight is 724 g/mol. The van der Waals surface area contributed by atoms with Gasteiger partial charge < -0.3 is 9.80 Å². The van der Waals surface area contributed by atoms with Gasteiger partial charge in [0, 0.05) is 79.9 Å². The molecule has 3 aliphatic rings. The van der Waals surface area contributed by atoms with E-state index in [1.165, 1.54) is 47.3 Å². The molecule has 0 saturated carbocycles. The lowest BCUT2D eigenvalue weighted by molar-refractivity contribution is 0.157. The molecular formula is C48H49N7. The van der Waals surface area contributed by atoms with Crippen molar-refractivity contribution in [2.45, 2.75) is 58.7 Å². The van der Waals surface area contributed by atoms with Gasteiger partial charge in [-0.15, -0.1) is 0 Å². The molecule has 6 aromatic rings. The van der Waals surface area contributed by atoms with Gasteiger partial charge in [-0.3, -0.25) is 14.9 Å². The highest BCUT2D eigenvalue weighted by atomic mass is 15.2. The predicted octanol–water partition coefficient (Wildman–Crippen LogP) is 9.54. The van der Waals surface area contributed by atoms with Crippen LogP contribution in [0.15, 0.2) is 116 Å². The third-order valence-electron chi connectivity index (χ3n) is 11.9. The topological polar surface area (TPSA) is 83.1 Å². The second-order valence-corrected chi connectivity index (χ2v) is 16.0. The highest BCUT2D eigenvalue weighted by Gasteiger charge is 2.33. The molecule has 0 spiro atoms. The molecule has 0 unspecified atom stereocenters. The minimum atomic E-state index is 0.540. The summed E-state index contributed by atoms with van der Waals surface area (Å²) in [4.78, 5) is 16.6. The van der Waals surface area contributed by atoms with E-state index >= 15 is 0 Å². The number of rotatable bonds is 6. The summed E-state index contributed by atoms with van der Waals surface area (Å²) in [5, 5.41) is 21.0. The van der Waals surface area contributed by atoms with E-state index in [-0.39, 0.29) is 0 Å². The quantitative estimate of drug-likeness (QED) is 0.169. The van der Waals surface area contributed by atoms with E-state index in [2.05, 4.69) is 130 Å². The van der Waals surface area contributed by atoms with E-state index in [1.54, 1.807) is 12.4 Å². The number of aromatic nitrogens is 2. The van der Waals surface area contributed by atoms with Crippen molar-refractivity contribution in [3.63, 3.8) is 0 Å².